The minimum Gasteiger partial charge on any atom is -0.361 e. The standard InChI is InChI=1S/C13H20N4O2S/c1-17(2)20(18,19)16-8-10-3-4-13-12(7-10)11(5-6-14)9-15-13/h3-4,7,9,15-16H,5-6,8,14H2,1-2H3. The third kappa shape index (κ3) is 3.18. The number of hydrogen-bond acceptors (Lipinski definition) is 3. The monoisotopic (exact) mass is 296 g/mol. The van der Waals surface area contributed by atoms with Crippen molar-refractivity contribution in [3.8, 4) is 0 Å². The highest BCUT2D eigenvalue weighted by Crippen LogP contribution is 2.20. The van der Waals surface area contributed by atoms with Gasteiger partial charge < -0.3 is 10.7 Å². The zero-order valence-corrected chi connectivity index (χ0v) is 12.5. The molecule has 7 heteroatoms. The van der Waals surface area contributed by atoms with Crippen LogP contribution >= 0.6 is 0 Å². The molecule has 0 aliphatic heterocycles. The first-order chi connectivity index (χ1) is 9.44. The third-order valence-electron chi connectivity index (χ3n) is 3.18. The summed E-state index contributed by atoms with van der Waals surface area (Å²) in [4.78, 5) is 3.19. The van der Waals surface area contributed by atoms with E-state index in [0.29, 0.717) is 6.54 Å². The van der Waals surface area contributed by atoms with Crippen molar-refractivity contribution in [2.75, 3.05) is 20.6 Å². The van der Waals surface area contributed by atoms with Gasteiger partial charge in [-0.3, -0.25) is 0 Å². The Kier molecular flexibility index (Phi) is 4.44. The highest BCUT2D eigenvalue weighted by atomic mass is 32.2. The van der Waals surface area contributed by atoms with E-state index in [1.807, 2.05) is 24.4 Å². The third-order valence-corrected chi connectivity index (χ3v) is 4.66. The molecule has 0 bridgehead atoms. The topological polar surface area (TPSA) is 91.2 Å². The Labute approximate surface area is 119 Å². The van der Waals surface area contributed by atoms with E-state index >= 15 is 0 Å². The van der Waals surface area contributed by atoms with Gasteiger partial charge in [0.2, 0.25) is 0 Å². The number of fused-ring (bicyclic) bond motifs is 1. The van der Waals surface area contributed by atoms with Crippen molar-refractivity contribution in [2.24, 2.45) is 5.73 Å². The molecule has 1 aromatic heterocycles. The number of nitrogens with two attached hydrogens (primary N) is 1. The molecule has 0 spiro atoms. The second kappa shape index (κ2) is 5.92. The van der Waals surface area contributed by atoms with E-state index in [2.05, 4.69) is 9.71 Å². The molecule has 2 rings (SSSR count). The lowest BCUT2D eigenvalue weighted by atomic mass is 10.1. The van der Waals surface area contributed by atoms with Crippen molar-refractivity contribution >= 4 is 21.1 Å². The van der Waals surface area contributed by atoms with E-state index in [1.54, 1.807) is 0 Å². The summed E-state index contributed by atoms with van der Waals surface area (Å²) in [6.45, 7) is 0.855. The quantitative estimate of drug-likeness (QED) is 0.727. The maximum atomic E-state index is 11.7. The minimum atomic E-state index is -3.40. The summed E-state index contributed by atoms with van der Waals surface area (Å²) < 4.78 is 27.1. The fourth-order valence-corrected chi connectivity index (χ4v) is 2.61. The zero-order valence-electron chi connectivity index (χ0n) is 11.7. The highest BCUT2D eigenvalue weighted by Gasteiger charge is 2.12. The Morgan fingerprint density at radius 3 is 2.75 bits per heavy atom. The lowest BCUT2D eigenvalue weighted by molar-refractivity contribution is 0.505. The largest absolute Gasteiger partial charge is 0.361 e. The lowest BCUT2D eigenvalue weighted by Gasteiger charge is -2.12. The van der Waals surface area contributed by atoms with E-state index < -0.39 is 10.2 Å². The lowest BCUT2D eigenvalue weighted by Crippen LogP contribution is -2.35. The highest BCUT2D eigenvalue weighted by molar-refractivity contribution is 7.87. The molecule has 0 radical (unpaired) electrons. The molecule has 0 aliphatic rings. The van der Waals surface area contributed by atoms with Crippen LogP contribution in [0.5, 0.6) is 0 Å². The summed E-state index contributed by atoms with van der Waals surface area (Å²) in [5.74, 6) is 0. The van der Waals surface area contributed by atoms with Crippen LogP contribution in [0.4, 0.5) is 0 Å². The van der Waals surface area contributed by atoms with Crippen molar-refractivity contribution in [2.45, 2.75) is 13.0 Å². The molecule has 6 nitrogen and oxygen atoms in total. The number of aromatic amines is 1. The number of aromatic nitrogens is 1. The van der Waals surface area contributed by atoms with Crippen LogP contribution in [-0.2, 0) is 23.2 Å². The van der Waals surface area contributed by atoms with Gasteiger partial charge in [0.15, 0.2) is 0 Å². The molecule has 0 unspecified atom stereocenters. The van der Waals surface area contributed by atoms with Crippen LogP contribution in [0.25, 0.3) is 10.9 Å². The fourth-order valence-electron chi connectivity index (χ4n) is 2.00. The molecule has 4 N–H and O–H groups in total. The molecule has 0 atom stereocenters. The Bertz CT molecular complexity index is 691. The molecule has 1 heterocycles. The summed E-state index contributed by atoms with van der Waals surface area (Å²) in [5.41, 5.74) is 8.69. The molecule has 20 heavy (non-hydrogen) atoms. The van der Waals surface area contributed by atoms with Gasteiger partial charge in [0, 0.05) is 37.7 Å². The van der Waals surface area contributed by atoms with Gasteiger partial charge >= 0.3 is 0 Å². The summed E-state index contributed by atoms with van der Waals surface area (Å²) in [5, 5.41) is 1.09. The molecule has 2 aromatic rings. The van der Waals surface area contributed by atoms with Crippen LogP contribution < -0.4 is 10.5 Å². The first-order valence-electron chi connectivity index (χ1n) is 6.40. The van der Waals surface area contributed by atoms with Crippen molar-refractivity contribution in [1.29, 1.82) is 0 Å². The van der Waals surface area contributed by atoms with Crippen LogP contribution in [0.3, 0.4) is 0 Å². The molecular weight excluding hydrogens is 276 g/mol. The average Bonchev–Trinajstić information content (AvgIpc) is 2.80. The predicted octanol–water partition coefficient (Wildman–Crippen LogP) is 0.565. The predicted molar refractivity (Wildman–Crippen MR) is 80.5 cm³/mol. The summed E-state index contributed by atoms with van der Waals surface area (Å²) in [6.07, 6.45) is 2.75. The van der Waals surface area contributed by atoms with Gasteiger partial charge in [0.25, 0.3) is 10.2 Å². The molecule has 1 aromatic carbocycles. The number of rotatable bonds is 6. The number of benzene rings is 1. The molecule has 0 fully saturated rings. The first-order valence-corrected chi connectivity index (χ1v) is 7.84. The van der Waals surface area contributed by atoms with Gasteiger partial charge in [-0.1, -0.05) is 6.07 Å². The second-order valence-corrected chi connectivity index (χ2v) is 6.81. The Balaban J connectivity index is 2.21. The Morgan fingerprint density at radius 2 is 2.10 bits per heavy atom. The molecule has 0 saturated carbocycles. The van der Waals surface area contributed by atoms with E-state index in [9.17, 15) is 8.42 Å². The van der Waals surface area contributed by atoms with Crippen molar-refractivity contribution in [3.63, 3.8) is 0 Å². The average molecular weight is 296 g/mol. The molecule has 0 amide bonds. The maximum absolute atomic E-state index is 11.7. The zero-order chi connectivity index (χ0) is 14.8. The van der Waals surface area contributed by atoms with Gasteiger partial charge in [-0.2, -0.15) is 17.4 Å². The number of nitrogens with zero attached hydrogens (tertiary/aromatic N) is 1. The van der Waals surface area contributed by atoms with Crippen molar-refractivity contribution < 1.29 is 8.42 Å². The van der Waals surface area contributed by atoms with E-state index in [-0.39, 0.29) is 6.54 Å². The maximum Gasteiger partial charge on any atom is 0.279 e. The fraction of sp³-hybridized carbons (Fsp3) is 0.385. The number of H-pyrrole nitrogens is 1. The van der Waals surface area contributed by atoms with Crippen LogP contribution in [0.1, 0.15) is 11.1 Å². The van der Waals surface area contributed by atoms with Gasteiger partial charge in [0.05, 0.1) is 0 Å². The van der Waals surface area contributed by atoms with E-state index in [1.165, 1.54) is 14.1 Å². The van der Waals surface area contributed by atoms with E-state index in [0.717, 1.165) is 32.8 Å². The van der Waals surface area contributed by atoms with Crippen LogP contribution in [0, 0.1) is 0 Å². The summed E-state index contributed by atoms with van der Waals surface area (Å²) in [6, 6.07) is 5.85. The Hall–Kier alpha value is -1.41. The number of nitrogens with one attached hydrogen (secondary N) is 2. The van der Waals surface area contributed by atoms with E-state index in [4.69, 9.17) is 5.73 Å². The summed E-state index contributed by atoms with van der Waals surface area (Å²) >= 11 is 0. The van der Waals surface area contributed by atoms with Gasteiger partial charge in [-0.15, -0.1) is 0 Å². The normalized spacial score (nSPS) is 12.4. The SMILES string of the molecule is CN(C)S(=O)(=O)NCc1ccc2[nH]cc(CCN)c2c1. The van der Waals surface area contributed by atoms with Crippen molar-refractivity contribution in [1.82, 2.24) is 14.0 Å². The molecule has 110 valence electrons. The Morgan fingerprint density at radius 1 is 1.35 bits per heavy atom. The van der Waals surface area contributed by atoms with Gasteiger partial charge in [0.1, 0.15) is 0 Å². The van der Waals surface area contributed by atoms with Gasteiger partial charge in [-0.05, 0) is 36.2 Å². The van der Waals surface area contributed by atoms with Crippen LogP contribution in [0.15, 0.2) is 24.4 Å². The smallest absolute Gasteiger partial charge is 0.279 e. The van der Waals surface area contributed by atoms with Crippen molar-refractivity contribution in [3.05, 3.63) is 35.5 Å². The number of hydrogen-bond donors (Lipinski definition) is 3. The molecule has 0 saturated heterocycles. The molecule has 0 aliphatic carbocycles. The minimum absolute atomic E-state index is 0.268. The summed E-state index contributed by atoms with van der Waals surface area (Å²) in [7, 11) is -0.407. The van der Waals surface area contributed by atoms with Crippen LogP contribution in [-0.4, -0.2) is 38.3 Å². The second-order valence-electron chi connectivity index (χ2n) is 4.84. The molecular formula is C13H20N4O2S. The van der Waals surface area contributed by atoms with Gasteiger partial charge in [-0.25, -0.2) is 0 Å². The first kappa shape index (κ1) is 15.0. The van der Waals surface area contributed by atoms with Crippen LogP contribution in [0.2, 0.25) is 0 Å².